The van der Waals surface area contributed by atoms with Crippen LogP contribution in [-0.4, -0.2) is 43.8 Å². The van der Waals surface area contributed by atoms with Crippen LogP contribution in [0.15, 0.2) is 65.5 Å². The van der Waals surface area contributed by atoms with Gasteiger partial charge in [0.1, 0.15) is 23.0 Å². The van der Waals surface area contributed by atoms with Gasteiger partial charge < -0.3 is 33.4 Å². The Hall–Kier alpha value is -4.66. The predicted octanol–water partition coefficient (Wildman–Crippen LogP) is 5.20. The van der Waals surface area contributed by atoms with E-state index >= 15 is 0 Å². The molecule has 1 aromatic heterocycles. The number of ether oxygens (including phenoxy) is 5. The summed E-state index contributed by atoms with van der Waals surface area (Å²) in [6, 6.07) is 17.5. The molecule has 0 aliphatic carbocycles. The summed E-state index contributed by atoms with van der Waals surface area (Å²) >= 11 is 0. The van der Waals surface area contributed by atoms with Crippen molar-refractivity contribution in [2.24, 2.45) is 0 Å². The number of nitrogens with zero attached hydrogens (tertiary/aromatic N) is 1. The molecule has 0 radical (unpaired) electrons. The van der Waals surface area contributed by atoms with Crippen LogP contribution >= 0.6 is 0 Å². The summed E-state index contributed by atoms with van der Waals surface area (Å²) in [6.45, 7) is 2.37. The first kappa shape index (κ1) is 25.4. The fraction of sp³-hybridized carbons (Fsp3) is 0.214. The van der Waals surface area contributed by atoms with Gasteiger partial charge >= 0.3 is 6.16 Å². The first-order chi connectivity index (χ1) is 17.9. The molecule has 0 atom stereocenters. The number of pyridine rings is 1. The van der Waals surface area contributed by atoms with Crippen molar-refractivity contribution in [3.63, 3.8) is 0 Å². The lowest BCUT2D eigenvalue weighted by molar-refractivity contribution is 0.144. The second-order valence-electron chi connectivity index (χ2n) is 7.98. The summed E-state index contributed by atoms with van der Waals surface area (Å²) < 4.78 is 28.4. The number of aromatic nitrogens is 1. The van der Waals surface area contributed by atoms with Gasteiger partial charge in [0.25, 0.3) is 5.56 Å². The van der Waals surface area contributed by atoms with Gasteiger partial charge in [0.2, 0.25) is 5.75 Å². The summed E-state index contributed by atoms with van der Waals surface area (Å²) in [4.78, 5) is 25.6. The molecule has 4 rings (SSSR count). The highest BCUT2D eigenvalue weighted by Crippen LogP contribution is 2.38. The minimum Gasteiger partial charge on any atom is -0.497 e. The largest absolute Gasteiger partial charge is 0.511 e. The van der Waals surface area contributed by atoms with Gasteiger partial charge in [0.15, 0.2) is 0 Å². The Morgan fingerprint density at radius 1 is 0.865 bits per heavy atom. The van der Waals surface area contributed by atoms with E-state index in [0.717, 1.165) is 0 Å². The molecule has 0 aliphatic rings. The van der Waals surface area contributed by atoms with Crippen molar-refractivity contribution in [3.05, 3.63) is 76.6 Å². The van der Waals surface area contributed by atoms with Gasteiger partial charge in [-0.2, -0.15) is 0 Å². The van der Waals surface area contributed by atoms with Gasteiger partial charge in [-0.3, -0.25) is 4.79 Å². The minimum absolute atomic E-state index is 0.0720. The molecule has 37 heavy (non-hydrogen) atoms. The van der Waals surface area contributed by atoms with E-state index in [2.05, 4.69) is 0 Å². The van der Waals surface area contributed by atoms with Gasteiger partial charge in [-0.05, 0) is 61.0 Å². The second-order valence-corrected chi connectivity index (χ2v) is 7.98. The highest BCUT2D eigenvalue weighted by Gasteiger charge is 2.23. The second kappa shape index (κ2) is 10.9. The number of benzene rings is 3. The molecule has 0 amide bonds. The van der Waals surface area contributed by atoms with Gasteiger partial charge in [0, 0.05) is 16.5 Å². The molecule has 9 nitrogen and oxygen atoms in total. The van der Waals surface area contributed by atoms with Crippen molar-refractivity contribution in [2.75, 3.05) is 27.9 Å². The molecule has 0 spiro atoms. The summed E-state index contributed by atoms with van der Waals surface area (Å²) in [5.41, 5.74) is 1.52. The lowest BCUT2D eigenvalue weighted by Crippen LogP contribution is -2.25. The number of fused-ring (bicyclic) bond motifs is 1. The molecule has 9 heteroatoms. The third-order valence-corrected chi connectivity index (χ3v) is 5.89. The third kappa shape index (κ3) is 5.16. The predicted molar refractivity (Wildman–Crippen MR) is 139 cm³/mol. The zero-order valence-electron chi connectivity index (χ0n) is 20.9. The monoisotopic (exact) mass is 505 g/mol. The number of hydrogen-bond donors (Lipinski definition) is 1. The van der Waals surface area contributed by atoms with Gasteiger partial charge in [-0.15, -0.1) is 0 Å². The van der Waals surface area contributed by atoms with Crippen molar-refractivity contribution >= 4 is 17.1 Å². The fourth-order valence-corrected chi connectivity index (χ4v) is 4.23. The first-order valence-electron chi connectivity index (χ1n) is 11.5. The van der Waals surface area contributed by atoms with E-state index in [1.807, 2.05) is 6.92 Å². The van der Waals surface area contributed by atoms with Crippen LogP contribution < -0.4 is 29.2 Å². The van der Waals surface area contributed by atoms with Crippen LogP contribution in [0, 0.1) is 0 Å². The average molecular weight is 506 g/mol. The molecule has 1 N–H and O–H groups in total. The zero-order chi connectivity index (χ0) is 26.5. The highest BCUT2D eigenvalue weighted by molar-refractivity contribution is 5.99. The van der Waals surface area contributed by atoms with E-state index in [0.29, 0.717) is 57.2 Å². The fourth-order valence-electron chi connectivity index (χ4n) is 4.23. The summed E-state index contributed by atoms with van der Waals surface area (Å²) in [5, 5.41) is 10.1. The van der Waals surface area contributed by atoms with E-state index in [1.54, 1.807) is 74.9 Å². The molecule has 0 unspecified atom stereocenters. The van der Waals surface area contributed by atoms with E-state index in [1.165, 1.54) is 11.7 Å². The molecular formula is C28H27NO8. The number of rotatable bonds is 9. The molecule has 192 valence electrons. The average Bonchev–Trinajstić information content (AvgIpc) is 2.91. The van der Waals surface area contributed by atoms with Crippen LogP contribution in [0.1, 0.15) is 12.5 Å². The van der Waals surface area contributed by atoms with Crippen LogP contribution in [0.3, 0.4) is 0 Å². The summed E-state index contributed by atoms with van der Waals surface area (Å²) in [6.07, 6.45) is -1.60. The van der Waals surface area contributed by atoms with Gasteiger partial charge in [-0.25, -0.2) is 4.79 Å². The molecular weight excluding hydrogens is 478 g/mol. The summed E-state index contributed by atoms with van der Waals surface area (Å²) in [5.74, 6) is 1.99. The molecule has 0 bridgehead atoms. The van der Waals surface area contributed by atoms with Crippen LogP contribution in [0.2, 0.25) is 0 Å². The van der Waals surface area contributed by atoms with E-state index in [4.69, 9.17) is 23.7 Å². The lowest BCUT2D eigenvalue weighted by Gasteiger charge is -2.19. The molecule has 0 saturated heterocycles. The van der Waals surface area contributed by atoms with Gasteiger partial charge in [-0.1, -0.05) is 12.1 Å². The first-order valence-corrected chi connectivity index (χ1v) is 11.5. The zero-order valence-corrected chi connectivity index (χ0v) is 20.9. The van der Waals surface area contributed by atoms with E-state index in [-0.39, 0.29) is 12.3 Å². The van der Waals surface area contributed by atoms with Crippen LogP contribution in [0.25, 0.3) is 22.0 Å². The number of carbonyl (C=O) groups is 1. The standard InChI is InChI=1S/C28H27NO8/c1-5-36-21-10-12-23-22(15-21)25(17-6-8-19(33-2)9-7-17)26(37-28(31)32)27(30)29(23)16-18-14-20(34-3)11-13-24(18)35-4/h6-15H,5,16H2,1-4H3,(H,31,32). The molecule has 0 saturated carbocycles. The van der Waals surface area contributed by atoms with E-state index < -0.39 is 11.7 Å². The van der Waals surface area contributed by atoms with Crippen molar-refractivity contribution < 1.29 is 33.6 Å². The Morgan fingerprint density at radius 2 is 1.54 bits per heavy atom. The highest BCUT2D eigenvalue weighted by atomic mass is 16.7. The number of hydrogen-bond acceptors (Lipinski definition) is 7. The van der Waals surface area contributed by atoms with Gasteiger partial charge in [0.05, 0.1) is 40.0 Å². The quantitative estimate of drug-likeness (QED) is 0.310. The smallest absolute Gasteiger partial charge is 0.497 e. The summed E-state index contributed by atoms with van der Waals surface area (Å²) in [7, 11) is 4.63. The third-order valence-electron chi connectivity index (χ3n) is 5.89. The normalized spacial score (nSPS) is 10.7. The Bertz CT molecular complexity index is 1490. The van der Waals surface area contributed by atoms with Crippen molar-refractivity contribution in [2.45, 2.75) is 13.5 Å². The number of methoxy groups -OCH3 is 3. The molecule has 1 heterocycles. The van der Waals surface area contributed by atoms with Crippen LogP contribution in [0.4, 0.5) is 4.79 Å². The molecule has 0 aliphatic heterocycles. The Labute approximate surface area is 213 Å². The lowest BCUT2D eigenvalue weighted by atomic mass is 9.99. The maximum atomic E-state index is 13.9. The van der Waals surface area contributed by atoms with Crippen LogP contribution in [0.5, 0.6) is 28.7 Å². The van der Waals surface area contributed by atoms with Crippen molar-refractivity contribution in [1.82, 2.24) is 4.57 Å². The Kier molecular flexibility index (Phi) is 7.52. The maximum absolute atomic E-state index is 13.9. The Morgan fingerprint density at radius 3 is 2.16 bits per heavy atom. The van der Waals surface area contributed by atoms with Crippen LogP contribution in [-0.2, 0) is 6.54 Å². The topological polar surface area (TPSA) is 105 Å². The van der Waals surface area contributed by atoms with Crippen molar-refractivity contribution in [3.8, 4) is 39.9 Å². The molecule has 3 aromatic carbocycles. The maximum Gasteiger partial charge on any atom is 0.511 e. The Balaban J connectivity index is 2.06. The SMILES string of the molecule is CCOc1ccc2c(c1)c(-c1ccc(OC)cc1)c(OC(=O)O)c(=O)n2Cc1cc(OC)ccc1OC. The van der Waals surface area contributed by atoms with E-state index in [9.17, 15) is 14.7 Å². The molecule has 0 fully saturated rings. The molecule has 4 aromatic rings. The minimum atomic E-state index is -1.60. The number of carboxylic acid groups (broad SMARTS) is 1. The van der Waals surface area contributed by atoms with Crippen molar-refractivity contribution in [1.29, 1.82) is 0 Å².